The minimum absolute atomic E-state index is 0.192. The fourth-order valence-electron chi connectivity index (χ4n) is 3.76. The lowest BCUT2D eigenvalue weighted by Gasteiger charge is -2.52. The summed E-state index contributed by atoms with van der Waals surface area (Å²) in [5.74, 6) is -0.454. The zero-order chi connectivity index (χ0) is 13.4. The van der Waals surface area contributed by atoms with Gasteiger partial charge < -0.3 is 9.84 Å². The van der Waals surface area contributed by atoms with E-state index in [2.05, 4.69) is 25.7 Å². The van der Waals surface area contributed by atoms with Gasteiger partial charge in [-0.1, -0.05) is 20.8 Å². The topological polar surface area (TPSA) is 49.8 Å². The van der Waals surface area contributed by atoms with Crippen LogP contribution in [0, 0.1) is 11.3 Å². The van der Waals surface area contributed by atoms with Crippen molar-refractivity contribution in [3.63, 3.8) is 0 Å². The van der Waals surface area contributed by atoms with Gasteiger partial charge in [0.2, 0.25) is 0 Å². The number of nitrogens with zero attached hydrogens (tertiary/aromatic N) is 1. The number of carboxylic acid groups (broad SMARTS) is 1. The third-order valence-electron chi connectivity index (χ3n) is 4.80. The molecule has 4 heteroatoms. The highest BCUT2D eigenvalue weighted by Gasteiger charge is 2.53. The lowest BCUT2D eigenvalue weighted by molar-refractivity contribution is -0.166. The zero-order valence-corrected chi connectivity index (χ0v) is 11.7. The molecule has 1 heterocycles. The second kappa shape index (κ2) is 4.82. The van der Waals surface area contributed by atoms with Crippen molar-refractivity contribution in [3.8, 4) is 0 Å². The van der Waals surface area contributed by atoms with Gasteiger partial charge >= 0.3 is 5.97 Å². The van der Waals surface area contributed by atoms with Gasteiger partial charge in [-0.2, -0.15) is 0 Å². The van der Waals surface area contributed by atoms with E-state index in [0.717, 1.165) is 32.4 Å². The number of hydrogen-bond donors (Lipinski definition) is 1. The Labute approximate surface area is 109 Å². The van der Waals surface area contributed by atoms with Crippen LogP contribution in [0.25, 0.3) is 0 Å². The predicted octanol–water partition coefficient (Wildman–Crippen LogP) is 1.99. The van der Waals surface area contributed by atoms with Gasteiger partial charge in [0.1, 0.15) is 5.54 Å². The van der Waals surface area contributed by atoms with Crippen molar-refractivity contribution in [2.24, 2.45) is 11.3 Å². The van der Waals surface area contributed by atoms with Crippen LogP contribution in [-0.4, -0.2) is 47.8 Å². The molecule has 2 aliphatic rings. The van der Waals surface area contributed by atoms with Crippen molar-refractivity contribution in [2.75, 3.05) is 26.3 Å². The van der Waals surface area contributed by atoms with Gasteiger partial charge in [0, 0.05) is 13.1 Å². The summed E-state index contributed by atoms with van der Waals surface area (Å²) >= 11 is 0. The Morgan fingerprint density at radius 1 is 1.28 bits per heavy atom. The van der Waals surface area contributed by atoms with E-state index in [1.165, 1.54) is 0 Å². The number of ether oxygens (including phenoxy) is 1. The zero-order valence-electron chi connectivity index (χ0n) is 11.7. The van der Waals surface area contributed by atoms with Crippen LogP contribution < -0.4 is 0 Å². The quantitative estimate of drug-likeness (QED) is 0.820. The largest absolute Gasteiger partial charge is 0.480 e. The van der Waals surface area contributed by atoms with Gasteiger partial charge in [-0.05, 0) is 30.6 Å². The number of morpholine rings is 1. The highest BCUT2D eigenvalue weighted by atomic mass is 16.5. The summed E-state index contributed by atoms with van der Waals surface area (Å²) in [5, 5.41) is 9.80. The van der Waals surface area contributed by atoms with Crippen LogP contribution in [0.5, 0.6) is 0 Å². The van der Waals surface area contributed by atoms with E-state index < -0.39 is 11.5 Å². The third-order valence-corrected chi connectivity index (χ3v) is 4.80. The molecule has 0 spiro atoms. The lowest BCUT2D eigenvalue weighted by atomic mass is 9.63. The van der Waals surface area contributed by atoms with Crippen LogP contribution in [0.4, 0.5) is 0 Å². The van der Waals surface area contributed by atoms with E-state index in [9.17, 15) is 9.90 Å². The van der Waals surface area contributed by atoms with E-state index in [4.69, 9.17) is 4.74 Å². The van der Waals surface area contributed by atoms with Crippen LogP contribution >= 0.6 is 0 Å². The molecule has 0 amide bonds. The molecule has 1 saturated carbocycles. The Kier molecular flexibility index (Phi) is 3.70. The second-order valence-corrected chi connectivity index (χ2v) is 6.60. The molecule has 1 N–H and O–H groups in total. The van der Waals surface area contributed by atoms with Gasteiger partial charge in [0.15, 0.2) is 0 Å². The SMILES string of the molecule is CC1CC(C)(C)CCC1(C(=O)O)N1CCOCC1. The fraction of sp³-hybridized carbons (Fsp3) is 0.929. The van der Waals surface area contributed by atoms with E-state index in [1.54, 1.807) is 0 Å². The number of rotatable bonds is 2. The van der Waals surface area contributed by atoms with Crippen LogP contribution in [-0.2, 0) is 9.53 Å². The first-order chi connectivity index (χ1) is 8.38. The second-order valence-electron chi connectivity index (χ2n) is 6.60. The molecule has 1 saturated heterocycles. The van der Waals surface area contributed by atoms with Gasteiger partial charge in [-0.15, -0.1) is 0 Å². The van der Waals surface area contributed by atoms with E-state index >= 15 is 0 Å². The molecule has 2 fully saturated rings. The molecule has 2 atom stereocenters. The molecular weight excluding hydrogens is 230 g/mol. The van der Waals surface area contributed by atoms with Crippen LogP contribution in [0.15, 0.2) is 0 Å². The van der Waals surface area contributed by atoms with Gasteiger partial charge in [0.25, 0.3) is 0 Å². The maximum atomic E-state index is 11.9. The summed E-state index contributed by atoms with van der Waals surface area (Å²) in [4.78, 5) is 14.1. The van der Waals surface area contributed by atoms with Crippen molar-refractivity contribution in [1.82, 2.24) is 4.90 Å². The monoisotopic (exact) mass is 255 g/mol. The maximum absolute atomic E-state index is 11.9. The van der Waals surface area contributed by atoms with Crippen molar-refractivity contribution < 1.29 is 14.6 Å². The molecule has 1 aliphatic heterocycles. The summed E-state index contributed by atoms with van der Waals surface area (Å²) in [6.45, 7) is 9.40. The van der Waals surface area contributed by atoms with Gasteiger partial charge in [0.05, 0.1) is 13.2 Å². The van der Waals surface area contributed by atoms with E-state index in [-0.39, 0.29) is 11.3 Å². The summed E-state index contributed by atoms with van der Waals surface area (Å²) in [7, 11) is 0. The first-order valence-electron chi connectivity index (χ1n) is 6.95. The van der Waals surface area contributed by atoms with Crippen molar-refractivity contribution in [2.45, 2.75) is 45.6 Å². The molecule has 2 unspecified atom stereocenters. The van der Waals surface area contributed by atoms with Crippen molar-refractivity contribution in [1.29, 1.82) is 0 Å². The average Bonchev–Trinajstić information content (AvgIpc) is 2.29. The van der Waals surface area contributed by atoms with Crippen LogP contribution in [0.1, 0.15) is 40.0 Å². The molecule has 0 aromatic carbocycles. The molecule has 0 aromatic rings. The summed E-state index contributed by atoms with van der Waals surface area (Å²) in [6, 6.07) is 0. The first kappa shape index (κ1) is 13.8. The minimum atomic E-state index is -0.667. The Morgan fingerprint density at radius 3 is 2.39 bits per heavy atom. The van der Waals surface area contributed by atoms with Gasteiger partial charge in [-0.3, -0.25) is 9.69 Å². The molecule has 0 aromatic heterocycles. The third kappa shape index (κ3) is 2.28. The van der Waals surface area contributed by atoms with Crippen molar-refractivity contribution >= 4 is 5.97 Å². The lowest BCUT2D eigenvalue weighted by Crippen LogP contribution is -2.64. The molecule has 104 valence electrons. The molecule has 2 rings (SSSR count). The highest BCUT2D eigenvalue weighted by molar-refractivity contribution is 5.79. The molecule has 0 bridgehead atoms. The number of carboxylic acids is 1. The Hall–Kier alpha value is -0.610. The Balaban J connectivity index is 2.24. The standard InChI is InChI=1S/C14H25NO3/c1-11-10-13(2,3)4-5-14(11,12(16)17)15-6-8-18-9-7-15/h11H,4-10H2,1-3H3,(H,16,17). The van der Waals surface area contributed by atoms with Crippen molar-refractivity contribution in [3.05, 3.63) is 0 Å². The van der Waals surface area contributed by atoms with E-state index in [1.807, 2.05) is 0 Å². The van der Waals surface area contributed by atoms with Crippen LogP contribution in [0.2, 0.25) is 0 Å². The van der Waals surface area contributed by atoms with Crippen LogP contribution in [0.3, 0.4) is 0 Å². The fourth-order valence-corrected chi connectivity index (χ4v) is 3.76. The highest BCUT2D eigenvalue weighted by Crippen LogP contribution is 2.47. The molecule has 4 nitrogen and oxygen atoms in total. The molecule has 0 radical (unpaired) electrons. The predicted molar refractivity (Wildman–Crippen MR) is 69.6 cm³/mol. The summed E-state index contributed by atoms with van der Waals surface area (Å²) in [5.41, 5.74) is -0.399. The van der Waals surface area contributed by atoms with Gasteiger partial charge in [-0.25, -0.2) is 0 Å². The summed E-state index contributed by atoms with van der Waals surface area (Å²) in [6.07, 6.45) is 2.73. The number of hydrogen-bond acceptors (Lipinski definition) is 3. The molecule has 1 aliphatic carbocycles. The van der Waals surface area contributed by atoms with E-state index in [0.29, 0.717) is 13.2 Å². The normalized spacial score (nSPS) is 37.4. The molecule has 18 heavy (non-hydrogen) atoms. The molecular formula is C14H25NO3. The summed E-state index contributed by atoms with van der Waals surface area (Å²) < 4.78 is 5.36. The Morgan fingerprint density at radius 2 is 1.89 bits per heavy atom. The maximum Gasteiger partial charge on any atom is 0.324 e. The number of aliphatic carboxylic acids is 1. The Bertz CT molecular complexity index is 323. The smallest absolute Gasteiger partial charge is 0.324 e. The number of carbonyl (C=O) groups is 1. The average molecular weight is 255 g/mol. The first-order valence-corrected chi connectivity index (χ1v) is 6.95. The minimum Gasteiger partial charge on any atom is -0.480 e.